The Kier molecular flexibility index (Phi) is 3.82. The predicted molar refractivity (Wildman–Crippen MR) is 85.1 cm³/mol. The second-order valence-corrected chi connectivity index (χ2v) is 6.27. The van der Waals surface area contributed by atoms with Gasteiger partial charge in [-0.3, -0.25) is 4.68 Å². The molecule has 0 spiro atoms. The van der Waals surface area contributed by atoms with Gasteiger partial charge in [0.15, 0.2) is 0 Å². The second-order valence-electron chi connectivity index (χ2n) is 5.36. The van der Waals surface area contributed by atoms with Crippen LogP contribution in [0.4, 0.5) is 0 Å². The fourth-order valence-corrected chi connectivity index (χ4v) is 2.73. The van der Waals surface area contributed by atoms with Gasteiger partial charge >= 0.3 is 0 Å². The van der Waals surface area contributed by atoms with Crippen molar-refractivity contribution in [3.05, 3.63) is 46.5 Å². The van der Waals surface area contributed by atoms with Crippen LogP contribution in [0.15, 0.2) is 35.3 Å². The zero-order valence-electron chi connectivity index (χ0n) is 12.0. The Morgan fingerprint density at radius 3 is 2.71 bits per heavy atom. The zero-order valence-corrected chi connectivity index (χ0v) is 13.6. The normalized spacial score (nSPS) is 13.0. The zero-order chi connectivity index (χ0) is 15.0. The van der Waals surface area contributed by atoms with Gasteiger partial charge in [0.25, 0.3) is 0 Å². The number of nitrogens with zero attached hydrogens (tertiary/aromatic N) is 4. The van der Waals surface area contributed by atoms with E-state index in [1.165, 1.54) is 11.1 Å². The minimum absolute atomic E-state index is 0.454. The van der Waals surface area contributed by atoms with E-state index in [1.54, 1.807) is 17.2 Å². The number of benzene rings is 1. The monoisotopic (exact) mass is 348 g/mol. The Labute approximate surface area is 131 Å². The third-order valence-electron chi connectivity index (χ3n) is 3.64. The van der Waals surface area contributed by atoms with Gasteiger partial charge in [0.05, 0.1) is 47.2 Å². The smallest absolute Gasteiger partial charge is 0.0959 e. The van der Waals surface area contributed by atoms with Crippen molar-refractivity contribution in [2.24, 2.45) is 0 Å². The van der Waals surface area contributed by atoms with Gasteiger partial charge in [-0.25, -0.2) is 4.98 Å². The lowest BCUT2D eigenvalue weighted by Crippen LogP contribution is -2.22. The van der Waals surface area contributed by atoms with E-state index in [4.69, 9.17) is 0 Å². The number of imidazole rings is 1. The SMILES string of the molecule is Cc1cc2ncn(C[C@H](O)Cn3cc(Br)cn3)c2cc1C. The fraction of sp³-hybridized carbons (Fsp3) is 0.333. The third kappa shape index (κ3) is 3.01. The van der Waals surface area contributed by atoms with E-state index < -0.39 is 6.10 Å². The summed E-state index contributed by atoms with van der Waals surface area (Å²) in [6.07, 6.45) is 4.83. The summed E-state index contributed by atoms with van der Waals surface area (Å²) < 4.78 is 4.63. The van der Waals surface area contributed by atoms with E-state index in [-0.39, 0.29) is 0 Å². The first-order valence-corrected chi connectivity index (χ1v) is 7.60. The molecule has 3 aromatic rings. The highest BCUT2D eigenvalue weighted by molar-refractivity contribution is 9.10. The number of hydrogen-bond acceptors (Lipinski definition) is 3. The Bertz CT molecular complexity index is 777. The largest absolute Gasteiger partial charge is 0.389 e. The van der Waals surface area contributed by atoms with Crippen LogP contribution in [0.3, 0.4) is 0 Å². The number of aliphatic hydroxyl groups is 1. The van der Waals surface area contributed by atoms with E-state index in [2.05, 4.69) is 52.0 Å². The van der Waals surface area contributed by atoms with Crippen molar-refractivity contribution in [1.29, 1.82) is 0 Å². The Balaban J connectivity index is 1.79. The molecule has 0 saturated carbocycles. The topological polar surface area (TPSA) is 55.9 Å². The minimum Gasteiger partial charge on any atom is -0.389 e. The highest BCUT2D eigenvalue weighted by Crippen LogP contribution is 2.19. The van der Waals surface area contributed by atoms with Crippen LogP contribution in [0.25, 0.3) is 11.0 Å². The molecule has 21 heavy (non-hydrogen) atoms. The van der Waals surface area contributed by atoms with Crippen LogP contribution in [0.2, 0.25) is 0 Å². The first-order valence-electron chi connectivity index (χ1n) is 6.81. The van der Waals surface area contributed by atoms with Crippen molar-refractivity contribution in [2.75, 3.05) is 0 Å². The van der Waals surface area contributed by atoms with E-state index in [1.807, 2.05) is 10.8 Å². The maximum Gasteiger partial charge on any atom is 0.0959 e. The molecule has 2 aromatic heterocycles. The molecular formula is C15H17BrN4O. The molecule has 1 atom stereocenters. The van der Waals surface area contributed by atoms with Crippen LogP contribution in [-0.2, 0) is 13.1 Å². The number of aromatic nitrogens is 4. The van der Waals surface area contributed by atoms with E-state index >= 15 is 0 Å². The number of rotatable bonds is 4. The number of aliphatic hydroxyl groups excluding tert-OH is 1. The molecule has 0 amide bonds. The molecule has 5 nitrogen and oxygen atoms in total. The molecule has 110 valence electrons. The molecule has 0 radical (unpaired) electrons. The molecule has 0 unspecified atom stereocenters. The van der Waals surface area contributed by atoms with Crippen molar-refractivity contribution in [1.82, 2.24) is 19.3 Å². The van der Waals surface area contributed by atoms with Crippen LogP contribution in [0, 0.1) is 13.8 Å². The summed E-state index contributed by atoms with van der Waals surface area (Å²) in [6.45, 7) is 5.12. The number of halogens is 1. The summed E-state index contributed by atoms with van der Waals surface area (Å²) in [7, 11) is 0. The van der Waals surface area contributed by atoms with Crippen LogP contribution in [-0.4, -0.2) is 30.5 Å². The summed E-state index contributed by atoms with van der Waals surface area (Å²) >= 11 is 3.35. The maximum absolute atomic E-state index is 10.2. The van der Waals surface area contributed by atoms with Gasteiger partial charge in [-0.15, -0.1) is 0 Å². The molecule has 2 heterocycles. The van der Waals surface area contributed by atoms with Crippen molar-refractivity contribution in [2.45, 2.75) is 33.0 Å². The van der Waals surface area contributed by atoms with Crippen molar-refractivity contribution < 1.29 is 5.11 Å². The molecule has 0 saturated heterocycles. The van der Waals surface area contributed by atoms with Crippen LogP contribution >= 0.6 is 15.9 Å². The van der Waals surface area contributed by atoms with Crippen LogP contribution in [0.5, 0.6) is 0 Å². The lowest BCUT2D eigenvalue weighted by Gasteiger charge is -2.12. The second kappa shape index (κ2) is 5.61. The molecule has 0 aliphatic carbocycles. The first kappa shape index (κ1) is 14.3. The number of aryl methyl sites for hydroxylation is 2. The molecule has 6 heteroatoms. The summed E-state index contributed by atoms with van der Waals surface area (Å²) in [5.74, 6) is 0. The number of fused-ring (bicyclic) bond motifs is 1. The predicted octanol–water partition coefficient (Wildman–Crippen LogP) is 2.67. The van der Waals surface area contributed by atoms with E-state index in [9.17, 15) is 5.11 Å². The molecule has 0 bridgehead atoms. The Morgan fingerprint density at radius 2 is 2.00 bits per heavy atom. The van der Waals surface area contributed by atoms with Gasteiger partial charge < -0.3 is 9.67 Å². The summed E-state index contributed by atoms with van der Waals surface area (Å²) in [4.78, 5) is 4.41. The lowest BCUT2D eigenvalue weighted by atomic mass is 10.1. The van der Waals surface area contributed by atoms with Gasteiger partial charge in [0, 0.05) is 6.20 Å². The van der Waals surface area contributed by atoms with E-state index in [0.29, 0.717) is 13.1 Å². The molecule has 0 aliphatic rings. The average molecular weight is 349 g/mol. The summed E-state index contributed by atoms with van der Waals surface area (Å²) in [5, 5.41) is 14.4. The van der Waals surface area contributed by atoms with Gasteiger partial charge in [-0.1, -0.05) is 0 Å². The first-order chi connectivity index (χ1) is 10.0. The van der Waals surface area contributed by atoms with Crippen molar-refractivity contribution >= 4 is 27.0 Å². The highest BCUT2D eigenvalue weighted by atomic mass is 79.9. The Hall–Kier alpha value is -1.66. The van der Waals surface area contributed by atoms with Gasteiger partial charge in [0.2, 0.25) is 0 Å². The molecule has 1 aromatic carbocycles. The van der Waals surface area contributed by atoms with Gasteiger partial charge in [-0.2, -0.15) is 5.10 Å². The summed E-state index contributed by atoms with van der Waals surface area (Å²) in [5.41, 5.74) is 4.48. The van der Waals surface area contributed by atoms with Gasteiger partial charge in [0.1, 0.15) is 0 Å². The summed E-state index contributed by atoms with van der Waals surface area (Å²) in [6, 6.07) is 4.20. The molecule has 0 aliphatic heterocycles. The number of hydrogen-bond donors (Lipinski definition) is 1. The molecule has 3 rings (SSSR count). The average Bonchev–Trinajstić information content (AvgIpc) is 2.98. The molecule has 0 fully saturated rings. The Morgan fingerprint density at radius 1 is 1.24 bits per heavy atom. The molecular weight excluding hydrogens is 332 g/mol. The minimum atomic E-state index is -0.518. The van der Waals surface area contributed by atoms with Crippen LogP contribution in [0.1, 0.15) is 11.1 Å². The molecule has 1 N–H and O–H groups in total. The van der Waals surface area contributed by atoms with Gasteiger partial charge in [-0.05, 0) is 53.0 Å². The van der Waals surface area contributed by atoms with Crippen LogP contribution < -0.4 is 0 Å². The van der Waals surface area contributed by atoms with Crippen molar-refractivity contribution in [3.8, 4) is 0 Å². The standard InChI is InChI=1S/C15H17BrN4O/c1-10-3-14-15(4-11(10)2)19(9-17-14)7-13(21)8-20-6-12(16)5-18-20/h3-6,9,13,21H,7-8H2,1-2H3/t13-/m0/s1. The maximum atomic E-state index is 10.2. The van der Waals surface area contributed by atoms with E-state index in [0.717, 1.165) is 15.5 Å². The highest BCUT2D eigenvalue weighted by Gasteiger charge is 2.11. The fourth-order valence-electron chi connectivity index (χ4n) is 2.40. The van der Waals surface area contributed by atoms with Crippen molar-refractivity contribution in [3.63, 3.8) is 0 Å². The third-order valence-corrected chi connectivity index (χ3v) is 4.05. The quantitative estimate of drug-likeness (QED) is 0.788. The lowest BCUT2D eigenvalue weighted by molar-refractivity contribution is 0.131.